The van der Waals surface area contributed by atoms with Crippen molar-refractivity contribution in [3.05, 3.63) is 29.8 Å². The summed E-state index contributed by atoms with van der Waals surface area (Å²) >= 11 is 0. The van der Waals surface area contributed by atoms with Crippen LogP contribution in [0, 0.1) is 0 Å². The maximum Gasteiger partial charge on any atom is 0.407 e. The van der Waals surface area contributed by atoms with Gasteiger partial charge in [-0.3, -0.25) is 14.5 Å². The Morgan fingerprint density at radius 2 is 1.71 bits per heavy atom. The van der Waals surface area contributed by atoms with E-state index in [2.05, 4.69) is 10.6 Å². The molecule has 1 aliphatic heterocycles. The highest BCUT2D eigenvalue weighted by Crippen LogP contribution is 2.33. The number of esters is 2. The maximum absolute atomic E-state index is 13.3. The Balaban J connectivity index is 1.94. The van der Waals surface area contributed by atoms with Gasteiger partial charge >= 0.3 is 18.0 Å². The average molecular weight is 577 g/mol. The van der Waals surface area contributed by atoms with Crippen molar-refractivity contribution in [3.8, 4) is 0 Å². The van der Waals surface area contributed by atoms with Gasteiger partial charge in [0.2, 0.25) is 11.8 Å². The number of nitrogens with two attached hydrogens (primary N) is 1. The van der Waals surface area contributed by atoms with Gasteiger partial charge in [-0.05, 0) is 71.9 Å². The zero-order valence-corrected chi connectivity index (χ0v) is 24.7. The fourth-order valence-electron chi connectivity index (χ4n) is 4.41. The molecule has 2 rings (SSSR count). The van der Waals surface area contributed by atoms with Crippen LogP contribution in [0.5, 0.6) is 0 Å². The van der Waals surface area contributed by atoms with Gasteiger partial charge in [-0.2, -0.15) is 0 Å². The first-order chi connectivity index (χ1) is 19.4. The summed E-state index contributed by atoms with van der Waals surface area (Å²) in [7, 11) is 0. The number of ether oxygens (including phenoxy) is 3. The number of benzene rings is 1. The van der Waals surface area contributed by atoms with E-state index in [4.69, 9.17) is 19.9 Å². The molecule has 0 aliphatic carbocycles. The Morgan fingerprint density at radius 1 is 1.02 bits per heavy atom. The molecular weight excluding hydrogens is 532 g/mol. The third-order valence-corrected chi connectivity index (χ3v) is 6.28. The fourth-order valence-corrected chi connectivity index (χ4v) is 4.41. The van der Waals surface area contributed by atoms with Crippen LogP contribution in [0.15, 0.2) is 24.3 Å². The van der Waals surface area contributed by atoms with Gasteiger partial charge in [-0.1, -0.05) is 18.2 Å². The number of alkyl carbamates (subject to hydrolysis) is 1. The maximum atomic E-state index is 13.3. The topological polar surface area (TPSA) is 166 Å². The van der Waals surface area contributed by atoms with E-state index in [1.807, 2.05) is 12.1 Å². The van der Waals surface area contributed by atoms with Gasteiger partial charge in [0.15, 0.2) is 0 Å². The number of amides is 3. The molecule has 12 nitrogen and oxygen atoms in total. The Hall–Kier alpha value is -3.67. The van der Waals surface area contributed by atoms with E-state index in [1.54, 1.807) is 46.8 Å². The molecule has 1 aliphatic rings. The number of carbonyl (C=O) groups is 5. The number of nitrogens with zero attached hydrogens (tertiary/aromatic N) is 1. The minimum absolute atomic E-state index is 0.0376. The molecular formula is C29H44N4O8. The van der Waals surface area contributed by atoms with Crippen molar-refractivity contribution in [2.24, 2.45) is 5.73 Å². The van der Waals surface area contributed by atoms with Gasteiger partial charge in [0.25, 0.3) is 0 Å². The SMILES string of the molecule is CCOC(=O)[C@@H](CCC(=O)N1c2ccccc2C[C@H]1C(=O)OCC)NC(=O)[C@@H](N)CCCCNC(=O)OC(C)(C)C. The first-order valence-corrected chi connectivity index (χ1v) is 14.1. The predicted octanol–water partition coefficient (Wildman–Crippen LogP) is 2.36. The zero-order valence-electron chi connectivity index (χ0n) is 24.7. The Kier molecular flexibility index (Phi) is 13.0. The Bertz CT molecular complexity index is 1070. The van der Waals surface area contributed by atoms with E-state index < -0.39 is 47.7 Å². The van der Waals surface area contributed by atoms with E-state index in [1.165, 1.54) is 4.90 Å². The van der Waals surface area contributed by atoms with E-state index >= 15 is 0 Å². The van der Waals surface area contributed by atoms with Gasteiger partial charge in [0.1, 0.15) is 17.7 Å². The summed E-state index contributed by atoms with van der Waals surface area (Å²) in [5.74, 6) is -2.10. The lowest BCUT2D eigenvalue weighted by Crippen LogP contribution is -2.50. The van der Waals surface area contributed by atoms with Crippen LogP contribution in [0.1, 0.15) is 72.3 Å². The lowest BCUT2D eigenvalue weighted by molar-refractivity contribution is -0.148. The molecule has 3 amide bonds. The van der Waals surface area contributed by atoms with Crippen LogP contribution in [0.4, 0.5) is 10.5 Å². The molecule has 228 valence electrons. The Morgan fingerprint density at radius 3 is 2.37 bits per heavy atom. The summed E-state index contributed by atoms with van der Waals surface area (Å²) in [6.45, 7) is 9.31. The third kappa shape index (κ3) is 10.7. The van der Waals surface area contributed by atoms with Crippen LogP contribution < -0.4 is 21.3 Å². The highest BCUT2D eigenvalue weighted by Gasteiger charge is 2.39. The molecule has 0 fully saturated rings. The largest absolute Gasteiger partial charge is 0.464 e. The van der Waals surface area contributed by atoms with Crippen LogP contribution in [0.25, 0.3) is 0 Å². The molecule has 12 heteroatoms. The molecule has 4 N–H and O–H groups in total. The van der Waals surface area contributed by atoms with Crippen LogP contribution in [-0.2, 0) is 39.8 Å². The van der Waals surface area contributed by atoms with Crippen molar-refractivity contribution in [2.75, 3.05) is 24.7 Å². The molecule has 1 heterocycles. The molecule has 0 saturated heterocycles. The lowest BCUT2D eigenvalue weighted by atomic mass is 10.1. The number of nitrogens with one attached hydrogen (secondary N) is 2. The zero-order chi connectivity index (χ0) is 30.6. The van der Waals surface area contributed by atoms with E-state index in [9.17, 15) is 24.0 Å². The minimum atomic E-state index is -1.09. The second kappa shape index (κ2) is 15.9. The first kappa shape index (κ1) is 33.5. The summed E-state index contributed by atoms with van der Waals surface area (Å²) < 4.78 is 15.5. The van der Waals surface area contributed by atoms with Crippen molar-refractivity contribution >= 4 is 35.5 Å². The number of fused-ring (bicyclic) bond motifs is 1. The number of hydrogen-bond donors (Lipinski definition) is 3. The number of unbranched alkanes of at least 4 members (excludes halogenated alkanes) is 1. The van der Waals surface area contributed by atoms with Crippen molar-refractivity contribution in [3.63, 3.8) is 0 Å². The molecule has 41 heavy (non-hydrogen) atoms. The third-order valence-electron chi connectivity index (χ3n) is 6.28. The predicted molar refractivity (Wildman–Crippen MR) is 152 cm³/mol. The van der Waals surface area contributed by atoms with Gasteiger partial charge in [0, 0.05) is 25.1 Å². The van der Waals surface area contributed by atoms with Gasteiger partial charge in [-0.25, -0.2) is 14.4 Å². The van der Waals surface area contributed by atoms with E-state index in [0.717, 1.165) is 5.56 Å². The lowest BCUT2D eigenvalue weighted by Gasteiger charge is -2.25. The van der Waals surface area contributed by atoms with Gasteiger partial charge in [0.05, 0.1) is 19.3 Å². The molecule has 1 aromatic carbocycles. The Labute approximate surface area is 241 Å². The monoisotopic (exact) mass is 576 g/mol. The van der Waals surface area contributed by atoms with Crippen molar-refractivity contribution in [1.82, 2.24) is 10.6 Å². The van der Waals surface area contributed by atoms with Crippen LogP contribution in [0.2, 0.25) is 0 Å². The minimum Gasteiger partial charge on any atom is -0.464 e. The summed E-state index contributed by atoms with van der Waals surface area (Å²) in [4.78, 5) is 64.5. The average Bonchev–Trinajstić information content (AvgIpc) is 3.29. The summed E-state index contributed by atoms with van der Waals surface area (Å²) in [5, 5.41) is 5.26. The number of rotatable bonds is 14. The molecule has 0 unspecified atom stereocenters. The summed E-state index contributed by atoms with van der Waals surface area (Å²) in [5.41, 5.74) is 6.93. The second-order valence-electron chi connectivity index (χ2n) is 10.7. The quantitative estimate of drug-likeness (QED) is 0.171. The van der Waals surface area contributed by atoms with E-state index in [-0.39, 0.29) is 32.0 Å². The van der Waals surface area contributed by atoms with Crippen LogP contribution >= 0.6 is 0 Å². The normalized spacial score (nSPS) is 15.8. The van der Waals surface area contributed by atoms with E-state index in [0.29, 0.717) is 37.9 Å². The molecule has 0 aromatic heterocycles. The molecule has 0 spiro atoms. The number of para-hydroxylation sites is 1. The molecule has 0 bridgehead atoms. The van der Waals surface area contributed by atoms with Crippen molar-refractivity contribution < 1.29 is 38.2 Å². The highest BCUT2D eigenvalue weighted by atomic mass is 16.6. The molecule has 0 radical (unpaired) electrons. The van der Waals surface area contributed by atoms with Crippen molar-refractivity contribution in [2.45, 2.75) is 96.9 Å². The van der Waals surface area contributed by atoms with Crippen LogP contribution in [0.3, 0.4) is 0 Å². The standard InChI is InChI=1S/C29H44N4O8/c1-6-39-26(36)21(32-25(35)20(30)13-10-11-17-31-28(38)41-29(3,4)5)15-16-24(34)33-22-14-9-8-12-19(22)18-23(33)27(37)40-7-2/h8-9,12,14,20-21,23H,6-7,10-11,13,15-18,30H2,1-5H3,(H,31,38)(H,32,35)/t20-,21+,23-/m0/s1. The number of hydrogen-bond acceptors (Lipinski definition) is 9. The molecule has 0 saturated carbocycles. The van der Waals surface area contributed by atoms with Crippen molar-refractivity contribution in [1.29, 1.82) is 0 Å². The first-order valence-electron chi connectivity index (χ1n) is 14.1. The summed E-state index contributed by atoms with van der Waals surface area (Å²) in [6.07, 6.45) is 1.11. The number of anilines is 1. The smallest absolute Gasteiger partial charge is 0.407 e. The fraction of sp³-hybridized carbons (Fsp3) is 0.621. The summed E-state index contributed by atoms with van der Waals surface area (Å²) in [6, 6.07) is 4.44. The second-order valence-corrected chi connectivity index (χ2v) is 10.7. The number of carbonyl (C=O) groups excluding carboxylic acids is 5. The van der Waals surface area contributed by atoms with Gasteiger partial charge in [-0.15, -0.1) is 0 Å². The highest BCUT2D eigenvalue weighted by molar-refractivity contribution is 6.02. The van der Waals surface area contributed by atoms with Gasteiger partial charge < -0.3 is 30.6 Å². The molecule has 1 aromatic rings. The molecule has 3 atom stereocenters. The van der Waals surface area contributed by atoms with Crippen LogP contribution in [-0.4, -0.2) is 73.3 Å².